The minimum atomic E-state index is -0.400. The number of hydrogen-bond donors (Lipinski definition) is 2. The van der Waals surface area contributed by atoms with Crippen LogP contribution in [0.3, 0.4) is 0 Å². The molecule has 1 heterocycles. The molecule has 8 heteroatoms. The van der Waals surface area contributed by atoms with Gasteiger partial charge < -0.3 is 11.1 Å². The molecule has 1 atom stereocenters. The molecular weight excluding hydrogens is 378 g/mol. The summed E-state index contributed by atoms with van der Waals surface area (Å²) in [5.74, 6) is -1.36. The third kappa shape index (κ3) is 5.58. The van der Waals surface area contributed by atoms with Crippen LogP contribution >= 0.6 is 0 Å². The Bertz CT molecular complexity index is 797. The van der Waals surface area contributed by atoms with Crippen LogP contribution in [-0.4, -0.2) is 48.9 Å². The molecule has 0 radical (unpaired) electrons. The van der Waals surface area contributed by atoms with Gasteiger partial charge in [-0.15, -0.1) is 0 Å². The number of primary amides is 1. The molecule has 1 aliphatic rings. The van der Waals surface area contributed by atoms with Crippen molar-refractivity contribution in [2.45, 2.75) is 18.9 Å². The fourth-order valence-electron chi connectivity index (χ4n) is 3.39. The first kappa shape index (κ1) is 20.9. The lowest BCUT2D eigenvalue weighted by molar-refractivity contribution is -0.121. The lowest BCUT2D eigenvalue weighted by Gasteiger charge is -2.32. The zero-order chi connectivity index (χ0) is 20.8. The van der Waals surface area contributed by atoms with E-state index in [1.807, 2.05) is 0 Å². The predicted molar refractivity (Wildman–Crippen MR) is 107 cm³/mol. The monoisotopic (exact) mass is 402 g/mol. The summed E-state index contributed by atoms with van der Waals surface area (Å²) >= 11 is 0. The first-order valence-corrected chi connectivity index (χ1v) is 9.53. The lowest BCUT2D eigenvalue weighted by atomic mass is 10.1. The number of hydrogen-bond acceptors (Lipinski definition) is 4. The van der Waals surface area contributed by atoms with Crippen molar-refractivity contribution in [2.75, 3.05) is 31.1 Å². The maximum absolute atomic E-state index is 13.3. The zero-order valence-electron chi connectivity index (χ0n) is 16.0. The Morgan fingerprint density at radius 2 is 1.59 bits per heavy atom. The largest absolute Gasteiger partial charge is 0.368 e. The van der Waals surface area contributed by atoms with Crippen molar-refractivity contribution < 1.29 is 18.4 Å². The van der Waals surface area contributed by atoms with E-state index in [0.717, 1.165) is 6.54 Å². The van der Waals surface area contributed by atoms with Gasteiger partial charge in [0, 0.05) is 37.4 Å². The molecule has 1 unspecified atom stereocenters. The summed E-state index contributed by atoms with van der Waals surface area (Å²) in [6.07, 6.45) is 0.836. The number of piperazine rings is 1. The molecule has 3 N–H and O–H groups in total. The van der Waals surface area contributed by atoms with Crippen LogP contribution in [0.2, 0.25) is 0 Å². The fourth-order valence-corrected chi connectivity index (χ4v) is 3.39. The predicted octanol–water partition coefficient (Wildman–Crippen LogP) is 2.17. The SMILES string of the molecule is NC(=O)C1CN(CCCC(=O)N(c2ccc(F)cc2)c2ccc(F)cc2)CCN1. The van der Waals surface area contributed by atoms with Gasteiger partial charge in [0.25, 0.3) is 0 Å². The molecule has 2 aromatic rings. The van der Waals surface area contributed by atoms with Crippen molar-refractivity contribution in [3.8, 4) is 0 Å². The topological polar surface area (TPSA) is 78.7 Å². The lowest BCUT2D eigenvalue weighted by Crippen LogP contribution is -2.56. The summed E-state index contributed by atoms with van der Waals surface area (Å²) in [5, 5.41) is 3.07. The minimum Gasteiger partial charge on any atom is -0.368 e. The van der Waals surface area contributed by atoms with Gasteiger partial charge in [0.15, 0.2) is 0 Å². The molecule has 2 aromatic carbocycles. The van der Waals surface area contributed by atoms with Crippen molar-refractivity contribution in [1.29, 1.82) is 0 Å². The van der Waals surface area contributed by atoms with Crippen molar-refractivity contribution in [2.24, 2.45) is 5.73 Å². The second-order valence-corrected chi connectivity index (χ2v) is 7.00. The number of nitrogens with two attached hydrogens (primary N) is 1. The molecule has 0 aliphatic carbocycles. The van der Waals surface area contributed by atoms with Crippen molar-refractivity contribution >= 4 is 23.2 Å². The van der Waals surface area contributed by atoms with E-state index in [1.54, 1.807) is 0 Å². The first-order chi connectivity index (χ1) is 13.9. The number of rotatable bonds is 7. The van der Waals surface area contributed by atoms with Gasteiger partial charge in [0.05, 0.1) is 6.04 Å². The molecule has 154 valence electrons. The van der Waals surface area contributed by atoms with Gasteiger partial charge in [0.1, 0.15) is 11.6 Å². The Hall–Kier alpha value is -2.84. The molecule has 0 bridgehead atoms. The van der Waals surface area contributed by atoms with E-state index in [4.69, 9.17) is 5.73 Å². The van der Waals surface area contributed by atoms with E-state index in [-0.39, 0.29) is 24.3 Å². The molecule has 2 amide bonds. The third-order valence-corrected chi connectivity index (χ3v) is 4.89. The van der Waals surface area contributed by atoms with Gasteiger partial charge in [-0.25, -0.2) is 8.78 Å². The Balaban J connectivity index is 1.66. The summed E-state index contributed by atoms with van der Waals surface area (Å²) in [6.45, 7) is 2.61. The van der Waals surface area contributed by atoms with Crippen molar-refractivity contribution in [3.05, 3.63) is 60.2 Å². The van der Waals surface area contributed by atoms with E-state index in [1.165, 1.54) is 53.4 Å². The maximum Gasteiger partial charge on any atom is 0.235 e. The summed E-state index contributed by atoms with van der Waals surface area (Å²) in [7, 11) is 0. The van der Waals surface area contributed by atoms with Crippen LogP contribution in [0.25, 0.3) is 0 Å². The second-order valence-electron chi connectivity index (χ2n) is 7.00. The van der Waals surface area contributed by atoms with E-state index >= 15 is 0 Å². The smallest absolute Gasteiger partial charge is 0.235 e. The molecule has 29 heavy (non-hydrogen) atoms. The van der Waals surface area contributed by atoms with E-state index in [2.05, 4.69) is 10.2 Å². The van der Waals surface area contributed by atoms with Crippen LogP contribution in [-0.2, 0) is 9.59 Å². The summed E-state index contributed by atoms with van der Waals surface area (Å²) in [4.78, 5) is 27.9. The number of nitrogens with one attached hydrogen (secondary N) is 1. The normalized spacial score (nSPS) is 17.1. The highest BCUT2D eigenvalue weighted by Gasteiger charge is 2.24. The minimum absolute atomic E-state index is 0.176. The van der Waals surface area contributed by atoms with Gasteiger partial charge in [-0.2, -0.15) is 0 Å². The van der Waals surface area contributed by atoms with Crippen LogP contribution in [0.4, 0.5) is 20.2 Å². The van der Waals surface area contributed by atoms with Gasteiger partial charge >= 0.3 is 0 Å². The first-order valence-electron chi connectivity index (χ1n) is 9.53. The average Bonchev–Trinajstić information content (AvgIpc) is 2.71. The van der Waals surface area contributed by atoms with Gasteiger partial charge in [-0.1, -0.05) is 0 Å². The summed E-state index contributed by atoms with van der Waals surface area (Å²) in [5.41, 5.74) is 6.38. The number of carbonyl (C=O) groups is 2. The Labute approximate surface area is 168 Å². The van der Waals surface area contributed by atoms with Gasteiger partial charge in [0.2, 0.25) is 11.8 Å². The average molecular weight is 402 g/mol. The van der Waals surface area contributed by atoms with Crippen molar-refractivity contribution in [3.63, 3.8) is 0 Å². The highest BCUT2D eigenvalue weighted by atomic mass is 19.1. The number of halogens is 2. The molecule has 1 fully saturated rings. The quantitative estimate of drug-likeness (QED) is 0.744. The Kier molecular flexibility index (Phi) is 6.90. The molecule has 6 nitrogen and oxygen atoms in total. The van der Waals surface area contributed by atoms with E-state index < -0.39 is 11.6 Å². The third-order valence-electron chi connectivity index (χ3n) is 4.89. The fraction of sp³-hybridized carbons (Fsp3) is 0.333. The number of nitrogens with zero attached hydrogens (tertiary/aromatic N) is 2. The van der Waals surface area contributed by atoms with Crippen LogP contribution in [0.5, 0.6) is 0 Å². The molecule has 1 saturated heterocycles. The van der Waals surface area contributed by atoms with E-state index in [9.17, 15) is 18.4 Å². The molecule has 0 saturated carbocycles. The molecule has 3 rings (SSSR count). The highest BCUT2D eigenvalue weighted by molar-refractivity contribution is 6.00. The molecule has 0 spiro atoms. The summed E-state index contributed by atoms with van der Waals surface area (Å²) < 4.78 is 26.6. The molecule has 0 aromatic heterocycles. The number of anilines is 2. The van der Waals surface area contributed by atoms with E-state index in [0.29, 0.717) is 37.4 Å². The Morgan fingerprint density at radius 3 is 2.10 bits per heavy atom. The number of benzene rings is 2. The van der Waals surface area contributed by atoms with Crippen LogP contribution in [0, 0.1) is 11.6 Å². The number of carbonyl (C=O) groups excluding carboxylic acids is 2. The summed E-state index contributed by atoms with van der Waals surface area (Å²) in [6, 6.07) is 10.8. The van der Waals surface area contributed by atoms with Gasteiger partial charge in [-0.3, -0.25) is 19.4 Å². The number of amides is 2. The van der Waals surface area contributed by atoms with Crippen LogP contribution in [0.1, 0.15) is 12.8 Å². The molecule has 1 aliphatic heterocycles. The van der Waals surface area contributed by atoms with Gasteiger partial charge in [-0.05, 0) is 61.5 Å². The van der Waals surface area contributed by atoms with Crippen LogP contribution < -0.4 is 16.0 Å². The second kappa shape index (κ2) is 9.58. The molecular formula is C21H24F2N4O2. The highest BCUT2D eigenvalue weighted by Crippen LogP contribution is 2.27. The Morgan fingerprint density at radius 1 is 1.03 bits per heavy atom. The maximum atomic E-state index is 13.3. The standard InChI is InChI=1S/C21H24F2N4O2/c22-15-3-7-17(8-4-15)27(18-9-5-16(23)6-10-18)20(28)2-1-12-26-13-11-25-19(14-26)21(24)29/h3-10,19,25H,1-2,11-14H2,(H2,24,29). The zero-order valence-corrected chi connectivity index (χ0v) is 16.0. The van der Waals surface area contributed by atoms with Crippen molar-refractivity contribution in [1.82, 2.24) is 10.2 Å². The van der Waals surface area contributed by atoms with Crippen LogP contribution in [0.15, 0.2) is 48.5 Å².